The zero-order valence-electron chi connectivity index (χ0n) is 17.1. The maximum Gasteiger partial charge on any atom is 0.163 e. The van der Waals surface area contributed by atoms with Gasteiger partial charge in [-0.15, -0.1) is 0 Å². The molecular weight excluding hydrogens is 379 g/mol. The summed E-state index contributed by atoms with van der Waals surface area (Å²) in [5, 5.41) is 5.71. The minimum atomic E-state index is -0.167. The third-order valence-corrected chi connectivity index (χ3v) is 6.48. The molecule has 1 fully saturated rings. The Morgan fingerprint density at radius 2 is 1.68 bits per heavy atom. The maximum absolute atomic E-state index is 6.53. The van der Waals surface area contributed by atoms with Crippen LogP contribution in [0, 0.1) is 0 Å². The number of rotatable bonds is 3. The number of benzene rings is 3. The van der Waals surface area contributed by atoms with Gasteiger partial charge in [-0.25, -0.2) is 9.50 Å². The molecule has 2 heterocycles. The molecule has 0 amide bonds. The van der Waals surface area contributed by atoms with Gasteiger partial charge in [0, 0.05) is 28.2 Å². The van der Waals surface area contributed by atoms with E-state index < -0.39 is 0 Å². The summed E-state index contributed by atoms with van der Waals surface area (Å²) in [6.07, 6.45) is 5.37. The molecular formula is C26H21BN4. The van der Waals surface area contributed by atoms with Crippen molar-refractivity contribution in [2.45, 2.75) is 24.8 Å². The Morgan fingerprint density at radius 3 is 2.39 bits per heavy atom. The monoisotopic (exact) mass is 400 g/mol. The molecule has 2 aromatic heterocycles. The Bertz CT molecular complexity index is 1420. The molecule has 2 radical (unpaired) electrons. The molecule has 1 aliphatic rings. The minimum absolute atomic E-state index is 0.167. The summed E-state index contributed by atoms with van der Waals surface area (Å²) in [6.45, 7) is 0. The van der Waals surface area contributed by atoms with Crippen LogP contribution >= 0.6 is 0 Å². The lowest BCUT2D eigenvalue weighted by molar-refractivity contribution is 0.253. The standard InChI is InChI=1S/C26H21BN4/c27-20-11-12-21-23(15-20)30-31-16-22(17-5-2-1-3-6-17)24(29-25(21)31)18-7-9-19(10-8-18)26(28)13-4-14-26/h1-3,5-12,15-16H,4,13-14,28H2. The van der Waals surface area contributed by atoms with Crippen molar-refractivity contribution in [2.75, 3.05) is 0 Å². The zero-order valence-corrected chi connectivity index (χ0v) is 17.1. The van der Waals surface area contributed by atoms with Crippen molar-refractivity contribution in [3.63, 3.8) is 0 Å². The van der Waals surface area contributed by atoms with Gasteiger partial charge in [-0.3, -0.25) is 0 Å². The van der Waals surface area contributed by atoms with Crippen molar-refractivity contribution in [1.29, 1.82) is 0 Å². The topological polar surface area (TPSA) is 56.2 Å². The third kappa shape index (κ3) is 2.96. The summed E-state index contributed by atoms with van der Waals surface area (Å²) in [7, 11) is 5.97. The van der Waals surface area contributed by atoms with Crippen LogP contribution in [0.1, 0.15) is 24.8 Å². The second-order valence-electron chi connectivity index (χ2n) is 8.50. The van der Waals surface area contributed by atoms with Gasteiger partial charge in [0.1, 0.15) is 7.85 Å². The van der Waals surface area contributed by atoms with Crippen molar-refractivity contribution in [3.05, 3.63) is 84.6 Å². The smallest absolute Gasteiger partial charge is 0.163 e. The van der Waals surface area contributed by atoms with Gasteiger partial charge >= 0.3 is 0 Å². The van der Waals surface area contributed by atoms with Gasteiger partial charge in [0.15, 0.2) is 5.65 Å². The average Bonchev–Trinajstić information content (AvgIpc) is 3.13. The number of hydrogen-bond donors (Lipinski definition) is 1. The zero-order chi connectivity index (χ0) is 21.0. The summed E-state index contributed by atoms with van der Waals surface area (Å²) < 4.78 is 1.85. The predicted octanol–water partition coefficient (Wildman–Crippen LogP) is 4.35. The van der Waals surface area contributed by atoms with Gasteiger partial charge < -0.3 is 5.73 Å². The fraction of sp³-hybridized carbons (Fsp3) is 0.154. The number of hydrogen-bond acceptors (Lipinski definition) is 3. The highest BCUT2D eigenvalue weighted by molar-refractivity contribution is 6.33. The lowest BCUT2D eigenvalue weighted by Crippen LogP contribution is -2.43. The van der Waals surface area contributed by atoms with Crippen molar-refractivity contribution in [1.82, 2.24) is 14.6 Å². The van der Waals surface area contributed by atoms with Gasteiger partial charge in [0.2, 0.25) is 0 Å². The molecule has 2 N–H and O–H groups in total. The van der Waals surface area contributed by atoms with E-state index >= 15 is 0 Å². The number of fused-ring (bicyclic) bond motifs is 3. The Kier molecular flexibility index (Phi) is 4.02. The van der Waals surface area contributed by atoms with Crippen LogP contribution in [0.5, 0.6) is 0 Å². The van der Waals surface area contributed by atoms with Crippen LogP contribution in [0.25, 0.3) is 38.9 Å². The highest BCUT2D eigenvalue weighted by Gasteiger charge is 2.34. The van der Waals surface area contributed by atoms with E-state index in [9.17, 15) is 0 Å². The summed E-state index contributed by atoms with van der Waals surface area (Å²) in [4.78, 5) is 5.09. The number of nitrogens with zero attached hydrogens (tertiary/aromatic N) is 3. The molecule has 0 unspecified atom stereocenters. The Labute approximate surface area is 182 Å². The van der Waals surface area contributed by atoms with E-state index in [0.717, 1.165) is 51.8 Å². The van der Waals surface area contributed by atoms with Crippen LogP contribution in [-0.4, -0.2) is 22.4 Å². The Morgan fingerprint density at radius 1 is 0.903 bits per heavy atom. The molecule has 0 saturated heterocycles. The van der Waals surface area contributed by atoms with Crippen molar-refractivity contribution < 1.29 is 0 Å². The predicted molar refractivity (Wildman–Crippen MR) is 126 cm³/mol. The number of nitrogens with two attached hydrogens (primary N) is 1. The van der Waals surface area contributed by atoms with E-state index in [4.69, 9.17) is 23.7 Å². The van der Waals surface area contributed by atoms with Crippen LogP contribution in [0.2, 0.25) is 0 Å². The normalized spacial score (nSPS) is 15.3. The minimum Gasteiger partial charge on any atom is -0.321 e. The molecule has 0 bridgehead atoms. The van der Waals surface area contributed by atoms with E-state index in [0.29, 0.717) is 5.46 Å². The van der Waals surface area contributed by atoms with E-state index in [1.807, 2.05) is 40.9 Å². The molecule has 1 saturated carbocycles. The highest BCUT2D eigenvalue weighted by Crippen LogP contribution is 2.40. The molecule has 0 atom stereocenters. The summed E-state index contributed by atoms with van der Waals surface area (Å²) in [5.41, 5.74) is 14.1. The largest absolute Gasteiger partial charge is 0.321 e. The first-order valence-electron chi connectivity index (χ1n) is 10.6. The van der Waals surface area contributed by atoms with Gasteiger partial charge in [0.25, 0.3) is 0 Å². The van der Waals surface area contributed by atoms with Gasteiger partial charge in [-0.2, -0.15) is 5.10 Å². The van der Waals surface area contributed by atoms with Crippen molar-refractivity contribution >= 4 is 29.9 Å². The molecule has 1 aliphatic carbocycles. The van der Waals surface area contributed by atoms with Crippen LogP contribution in [0.4, 0.5) is 0 Å². The number of aromatic nitrogens is 3. The van der Waals surface area contributed by atoms with Crippen LogP contribution in [0.15, 0.2) is 79.0 Å². The lowest BCUT2D eigenvalue weighted by Gasteiger charge is -2.38. The van der Waals surface area contributed by atoms with E-state index in [1.165, 1.54) is 12.0 Å². The maximum atomic E-state index is 6.53. The first kappa shape index (κ1) is 18.3. The Hall–Kier alpha value is -3.44. The van der Waals surface area contributed by atoms with Crippen LogP contribution in [-0.2, 0) is 5.54 Å². The fourth-order valence-electron chi connectivity index (χ4n) is 4.51. The molecule has 6 rings (SSSR count). The summed E-state index contributed by atoms with van der Waals surface area (Å²) in [6, 6.07) is 24.7. The quantitative estimate of drug-likeness (QED) is 0.458. The molecule has 5 heteroatoms. The molecule has 5 aromatic rings. The Balaban J connectivity index is 1.58. The van der Waals surface area contributed by atoms with Gasteiger partial charge in [-0.05, 0) is 42.5 Å². The fourth-order valence-corrected chi connectivity index (χ4v) is 4.51. The first-order valence-corrected chi connectivity index (χ1v) is 10.6. The second kappa shape index (κ2) is 6.79. The van der Waals surface area contributed by atoms with E-state index in [1.54, 1.807) is 0 Å². The molecule has 0 spiro atoms. The van der Waals surface area contributed by atoms with Crippen molar-refractivity contribution in [3.8, 4) is 22.4 Å². The highest BCUT2D eigenvalue weighted by atomic mass is 15.2. The SMILES string of the molecule is [B]c1ccc2c(c1)nn1cc(-c3ccccc3)c(-c3ccc(C4(N)CCC4)cc3)nc21. The molecule has 148 valence electrons. The van der Waals surface area contributed by atoms with Crippen molar-refractivity contribution in [2.24, 2.45) is 5.73 Å². The third-order valence-electron chi connectivity index (χ3n) is 6.48. The van der Waals surface area contributed by atoms with E-state index in [-0.39, 0.29) is 5.54 Å². The lowest BCUT2D eigenvalue weighted by atomic mass is 9.72. The summed E-state index contributed by atoms with van der Waals surface area (Å²) >= 11 is 0. The van der Waals surface area contributed by atoms with Gasteiger partial charge in [-0.1, -0.05) is 66.1 Å². The molecule has 31 heavy (non-hydrogen) atoms. The van der Waals surface area contributed by atoms with E-state index in [2.05, 4.69) is 42.6 Å². The second-order valence-corrected chi connectivity index (χ2v) is 8.50. The van der Waals surface area contributed by atoms with Crippen LogP contribution in [0.3, 0.4) is 0 Å². The first-order chi connectivity index (χ1) is 15.1. The molecule has 4 nitrogen and oxygen atoms in total. The average molecular weight is 400 g/mol. The van der Waals surface area contributed by atoms with Gasteiger partial charge in [0.05, 0.1) is 11.2 Å². The summed E-state index contributed by atoms with van der Waals surface area (Å²) in [5.74, 6) is 0. The van der Waals surface area contributed by atoms with Crippen LogP contribution < -0.4 is 11.2 Å². The molecule has 0 aliphatic heterocycles. The molecule has 3 aromatic carbocycles.